The number of fused-ring (bicyclic) bond motifs is 2. The second kappa shape index (κ2) is 3.73. The van der Waals surface area contributed by atoms with Gasteiger partial charge in [0, 0.05) is 12.0 Å². The molecule has 1 spiro atoms. The molecule has 0 amide bonds. The van der Waals surface area contributed by atoms with E-state index in [1.807, 2.05) is 0 Å². The van der Waals surface area contributed by atoms with Crippen LogP contribution in [0.3, 0.4) is 0 Å². The van der Waals surface area contributed by atoms with Gasteiger partial charge in [-0.1, -0.05) is 6.58 Å². The number of hydrogen-bond acceptors (Lipinski definition) is 7. The Morgan fingerprint density at radius 1 is 1.27 bits per heavy atom. The number of aliphatic hydroxyl groups is 4. The van der Waals surface area contributed by atoms with Crippen molar-refractivity contribution in [1.29, 1.82) is 0 Å². The zero-order chi connectivity index (χ0) is 16.2. The fraction of sp³-hybridized carbons (Fsp3) is 0.800. The first kappa shape index (κ1) is 14.6. The summed E-state index contributed by atoms with van der Waals surface area (Å²) in [7, 11) is 0. The van der Waals surface area contributed by atoms with E-state index in [0.717, 1.165) is 0 Å². The third-order valence-electron chi connectivity index (χ3n) is 6.12. The molecule has 0 aromatic rings. The van der Waals surface area contributed by atoms with E-state index in [0.29, 0.717) is 0 Å². The molecular weight excluding hydrogens is 292 g/mol. The van der Waals surface area contributed by atoms with Crippen LogP contribution in [0.25, 0.3) is 0 Å². The van der Waals surface area contributed by atoms with Crippen LogP contribution in [0.2, 0.25) is 0 Å². The number of hydrogen-bond donors (Lipinski definition) is 4. The van der Waals surface area contributed by atoms with Crippen LogP contribution in [0.1, 0.15) is 20.3 Å². The zero-order valence-corrected chi connectivity index (χ0v) is 12.4. The topological polar surface area (TPSA) is 120 Å². The van der Waals surface area contributed by atoms with Gasteiger partial charge in [0.15, 0.2) is 0 Å². The van der Waals surface area contributed by atoms with E-state index < -0.39 is 59.0 Å². The molecule has 4 rings (SSSR count). The van der Waals surface area contributed by atoms with Crippen LogP contribution in [0.4, 0.5) is 0 Å². The fourth-order valence-corrected chi connectivity index (χ4v) is 5.02. The number of ether oxygens (including phenoxy) is 2. The first-order chi connectivity index (χ1) is 10.1. The van der Waals surface area contributed by atoms with Gasteiger partial charge in [-0.15, -0.1) is 0 Å². The summed E-state index contributed by atoms with van der Waals surface area (Å²) in [5.41, 5.74) is -4.19. The minimum atomic E-state index is -1.61. The summed E-state index contributed by atoms with van der Waals surface area (Å²) >= 11 is 0. The molecule has 2 heterocycles. The zero-order valence-electron chi connectivity index (χ0n) is 12.4. The van der Waals surface area contributed by atoms with Crippen LogP contribution < -0.4 is 0 Å². The SMILES string of the molecule is C=C1C(=O)O[C@H]2[C@@H]1[C@H](O)C[C@@](C)(O)[C@@]13O[C@@H]1[C@H](O)[C@@](C)(O)[C@H]23. The van der Waals surface area contributed by atoms with Crippen molar-refractivity contribution in [3.63, 3.8) is 0 Å². The van der Waals surface area contributed by atoms with Crippen molar-refractivity contribution in [3.8, 4) is 0 Å². The molecule has 0 bridgehead atoms. The molecule has 2 saturated carbocycles. The van der Waals surface area contributed by atoms with Crippen molar-refractivity contribution < 1.29 is 34.7 Å². The van der Waals surface area contributed by atoms with E-state index in [-0.39, 0.29) is 12.0 Å². The van der Waals surface area contributed by atoms with Crippen molar-refractivity contribution in [1.82, 2.24) is 0 Å². The molecule has 0 radical (unpaired) electrons. The van der Waals surface area contributed by atoms with E-state index in [4.69, 9.17) is 9.47 Å². The molecule has 7 heteroatoms. The predicted octanol–water partition coefficient (Wildman–Crippen LogP) is -1.52. The smallest absolute Gasteiger partial charge is 0.334 e. The minimum Gasteiger partial charge on any atom is -0.458 e. The Labute approximate surface area is 127 Å². The lowest BCUT2D eigenvalue weighted by Gasteiger charge is -2.40. The number of carbonyl (C=O) groups is 1. The Bertz CT molecular complexity index is 582. The quantitative estimate of drug-likeness (QED) is 0.243. The highest BCUT2D eigenvalue weighted by Crippen LogP contribution is 2.68. The van der Waals surface area contributed by atoms with Crippen molar-refractivity contribution in [2.24, 2.45) is 11.8 Å². The molecule has 4 fully saturated rings. The van der Waals surface area contributed by atoms with E-state index in [9.17, 15) is 25.2 Å². The van der Waals surface area contributed by atoms with E-state index in [2.05, 4.69) is 6.58 Å². The maximum absolute atomic E-state index is 11.9. The average Bonchev–Trinajstić information content (AvgIpc) is 3.02. The van der Waals surface area contributed by atoms with Crippen molar-refractivity contribution in [2.75, 3.05) is 0 Å². The molecule has 2 saturated heterocycles. The summed E-state index contributed by atoms with van der Waals surface area (Å²) in [5.74, 6) is -2.20. The van der Waals surface area contributed by atoms with Gasteiger partial charge in [-0.3, -0.25) is 0 Å². The maximum Gasteiger partial charge on any atom is 0.334 e. The first-order valence-corrected chi connectivity index (χ1v) is 7.44. The van der Waals surface area contributed by atoms with Gasteiger partial charge in [0.2, 0.25) is 0 Å². The highest BCUT2D eigenvalue weighted by molar-refractivity contribution is 5.91. The summed E-state index contributed by atoms with van der Waals surface area (Å²) in [4.78, 5) is 11.9. The molecule has 122 valence electrons. The number of epoxide rings is 1. The Morgan fingerprint density at radius 2 is 1.91 bits per heavy atom. The number of carbonyl (C=O) groups excluding carboxylic acids is 1. The molecule has 22 heavy (non-hydrogen) atoms. The second-order valence-corrected chi connectivity index (χ2v) is 7.45. The second-order valence-electron chi connectivity index (χ2n) is 7.45. The van der Waals surface area contributed by atoms with Gasteiger partial charge in [-0.05, 0) is 13.8 Å². The van der Waals surface area contributed by atoms with Crippen LogP contribution in [-0.4, -0.2) is 67.6 Å². The van der Waals surface area contributed by atoms with Gasteiger partial charge in [0.25, 0.3) is 0 Å². The molecule has 4 aliphatic rings. The predicted molar refractivity (Wildman–Crippen MR) is 71.5 cm³/mol. The van der Waals surface area contributed by atoms with Gasteiger partial charge >= 0.3 is 5.97 Å². The average molecular weight is 312 g/mol. The molecule has 0 aromatic carbocycles. The molecular formula is C15H20O7. The lowest BCUT2D eigenvalue weighted by molar-refractivity contribution is -0.178. The number of rotatable bonds is 0. The Hall–Kier alpha value is -0.990. The van der Waals surface area contributed by atoms with Crippen molar-refractivity contribution in [2.45, 2.75) is 61.5 Å². The first-order valence-electron chi connectivity index (χ1n) is 7.44. The Morgan fingerprint density at radius 3 is 2.55 bits per heavy atom. The van der Waals surface area contributed by atoms with Gasteiger partial charge in [-0.25, -0.2) is 4.79 Å². The molecule has 9 atom stereocenters. The van der Waals surface area contributed by atoms with Crippen molar-refractivity contribution >= 4 is 5.97 Å². The Balaban J connectivity index is 1.90. The summed E-state index contributed by atoms with van der Waals surface area (Å²) in [6.07, 6.45) is -3.94. The molecule has 4 N–H and O–H groups in total. The standard InChI is InChI=1S/C15H20O7/c1-5-7-6(16)4-13(2,19)15-9(8(7)21-12(5)18)14(3,20)10(17)11(15)22-15/h6-11,16-17,19-20H,1,4H2,2-3H3/t6-,7+,8+,9+,10+,11-,13-,14+,15+/m1/s1. The summed E-state index contributed by atoms with van der Waals surface area (Å²) in [6, 6.07) is 0. The normalized spacial score (nSPS) is 62.8. The largest absolute Gasteiger partial charge is 0.458 e. The Kier molecular flexibility index (Phi) is 2.48. The van der Waals surface area contributed by atoms with Crippen LogP contribution in [0, 0.1) is 11.8 Å². The number of aliphatic hydroxyl groups excluding tert-OH is 2. The molecule has 7 nitrogen and oxygen atoms in total. The minimum absolute atomic E-state index is 0.0559. The molecule has 0 unspecified atom stereocenters. The summed E-state index contributed by atoms with van der Waals surface area (Å²) < 4.78 is 11.0. The van der Waals surface area contributed by atoms with Crippen LogP contribution >= 0.6 is 0 Å². The van der Waals surface area contributed by atoms with E-state index in [1.54, 1.807) is 0 Å². The van der Waals surface area contributed by atoms with Gasteiger partial charge in [0.1, 0.15) is 23.9 Å². The lowest BCUT2D eigenvalue weighted by Crippen LogP contribution is -2.56. The fourth-order valence-electron chi connectivity index (χ4n) is 5.02. The highest BCUT2D eigenvalue weighted by atomic mass is 16.7. The summed E-state index contributed by atoms with van der Waals surface area (Å²) in [6.45, 7) is 6.64. The van der Waals surface area contributed by atoms with Crippen LogP contribution in [0.5, 0.6) is 0 Å². The summed E-state index contributed by atoms with van der Waals surface area (Å²) in [5, 5.41) is 42.4. The van der Waals surface area contributed by atoms with Crippen LogP contribution in [0.15, 0.2) is 12.2 Å². The van der Waals surface area contributed by atoms with Crippen LogP contribution in [-0.2, 0) is 14.3 Å². The van der Waals surface area contributed by atoms with Gasteiger partial charge < -0.3 is 29.9 Å². The molecule has 0 aromatic heterocycles. The van der Waals surface area contributed by atoms with E-state index in [1.165, 1.54) is 13.8 Å². The third-order valence-corrected chi connectivity index (χ3v) is 6.12. The van der Waals surface area contributed by atoms with Gasteiger partial charge in [-0.2, -0.15) is 0 Å². The third kappa shape index (κ3) is 1.33. The number of esters is 1. The van der Waals surface area contributed by atoms with Gasteiger partial charge in [0.05, 0.1) is 29.1 Å². The van der Waals surface area contributed by atoms with Crippen molar-refractivity contribution in [3.05, 3.63) is 12.2 Å². The highest BCUT2D eigenvalue weighted by Gasteiger charge is 2.86. The molecule has 2 aliphatic carbocycles. The lowest BCUT2D eigenvalue weighted by atomic mass is 9.73. The van der Waals surface area contributed by atoms with E-state index >= 15 is 0 Å². The monoisotopic (exact) mass is 312 g/mol. The molecule has 2 aliphatic heterocycles. The maximum atomic E-state index is 11.9.